The summed E-state index contributed by atoms with van der Waals surface area (Å²) in [5.74, 6) is -0.257. The topological polar surface area (TPSA) is 300 Å². The first-order chi connectivity index (χ1) is 33.8. The summed E-state index contributed by atoms with van der Waals surface area (Å²) in [6.45, 7) is 3.13. The molecular formula is C49H68N6O15. The van der Waals surface area contributed by atoms with Crippen molar-refractivity contribution in [1.82, 2.24) is 21.3 Å². The maximum atomic E-state index is 13.4. The number of aliphatic hydroxyl groups is 4. The number of methoxy groups -OCH3 is 3. The molecule has 2 aliphatic heterocycles. The molecular weight excluding hydrogens is 913 g/mol. The van der Waals surface area contributed by atoms with E-state index in [2.05, 4.69) is 21.3 Å². The Labute approximate surface area is 407 Å². The Hall–Kier alpha value is -5.59. The summed E-state index contributed by atoms with van der Waals surface area (Å²) in [4.78, 5) is 56.8. The SMILES string of the molecule is COc1ccc(C(=NCCNC(=O)CCC(=O)NCCNC(=O)C2O[C@@H](O[C@@H]3C(C(=O)NCCCCCCN)O[C@@H](OC)C(O)[C@H]3O)C(O)[C@@H](O)[C@@H]2OC)c2ccc(Oc3ccc(C)cc3)cc2)cc1. The molecule has 3 aromatic carbocycles. The largest absolute Gasteiger partial charge is 0.497 e. The van der Waals surface area contributed by atoms with Gasteiger partial charge in [0.25, 0.3) is 11.8 Å². The highest BCUT2D eigenvalue weighted by Gasteiger charge is 2.54. The summed E-state index contributed by atoms with van der Waals surface area (Å²) < 4.78 is 39.0. The third kappa shape index (κ3) is 16.0. The number of rotatable bonds is 26. The molecule has 2 saturated heterocycles. The number of nitrogens with two attached hydrogens (primary N) is 1. The normalized spacial score (nSPS) is 24.6. The summed E-state index contributed by atoms with van der Waals surface area (Å²) in [5, 5.41) is 54.3. The van der Waals surface area contributed by atoms with Gasteiger partial charge in [0.2, 0.25) is 11.8 Å². The number of benzene rings is 3. The quantitative estimate of drug-likeness (QED) is 0.0387. The Morgan fingerprint density at radius 1 is 0.586 bits per heavy atom. The van der Waals surface area contributed by atoms with Crippen LogP contribution in [0.3, 0.4) is 0 Å². The third-order valence-corrected chi connectivity index (χ3v) is 11.6. The third-order valence-electron chi connectivity index (χ3n) is 11.6. The fourth-order valence-electron chi connectivity index (χ4n) is 7.68. The van der Waals surface area contributed by atoms with E-state index in [0.29, 0.717) is 30.2 Å². The van der Waals surface area contributed by atoms with Gasteiger partial charge in [-0.15, -0.1) is 0 Å². The molecule has 4 unspecified atom stereocenters. The molecule has 0 aromatic heterocycles. The van der Waals surface area contributed by atoms with E-state index >= 15 is 0 Å². The van der Waals surface area contributed by atoms with Gasteiger partial charge in [0.05, 0.1) is 19.4 Å². The van der Waals surface area contributed by atoms with Crippen LogP contribution >= 0.6 is 0 Å². The minimum Gasteiger partial charge on any atom is -0.497 e. The molecule has 10 atom stereocenters. The number of hydrogen-bond acceptors (Lipinski definition) is 17. The van der Waals surface area contributed by atoms with Gasteiger partial charge in [-0.25, -0.2) is 0 Å². The van der Waals surface area contributed by atoms with Crippen LogP contribution in [0.1, 0.15) is 55.2 Å². The van der Waals surface area contributed by atoms with Gasteiger partial charge >= 0.3 is 0 Å². The van der Waals surface area contributed by atoms with Gasteiger partial charge in [0.1, 0.15) is 53.9 Å². The average Bonchev–Trinajstić information content (AvgIpc) is 3.37. The van der Waals surface area contributed by atoms with Gasteiger partial charge in [0.15, 0.2) is 24.8 Å². The molecule has 5 rings (SSSR count). The molecule has 10 N–H and O–H groups in total. The smallest absolute Gasteiger partial charge is 0.252 e. The number of ether oxygens (including phenoxy) is 7. The minimum atomic E-state index is -1.85. The van der Waals surface area contributed by atoms with E-state index in [1.54, 1.807) is 7.11 Å². The lowest BCUT2D eigenvalue weighted by atomic mass is 9.96. The zero-order valence-electron chi connectivity index (χ0n) is 40.0. The van der Waals surface area contributed by atoms with E-state index < -0.39 is 79.1 Å². The highest BCUT2D eigenvalue weighted by molar-refractivity contribution is 6.13. The summed E-state index contributed by atoms with van der Waals surface area (Å²) >= 11 is 0. The Morgan fingerprint density at radius 2 is 1.09 bits per heavy atom. The number of nitrogens with one attached hydrogen (secondary N) is 4. The number of amides is 4. The lowest BCUT2D eigenvalue weighted by Crippen LogP contribution is -2.67. The molecule has 0 aliphatic carbocycles. The second-order valence-corrected chi connectivity index (χ2v) is 16.7. The number of aliphatic hydroxyl groups excluding tert-OH is 4. The van der Waals surface area contributed by atoms with E-state index in [1.807, 2.05) is 79.7 Å². The molecule has 21 heteroatoms. The molecule has 2 fully saturated rings. The van der Waals surface area contributed by atoms with Crippen LogP contribution in [0, 0.1) is 6.92 Å². The van der Waals surface area contributed by atoms with Gasteiger partial charge in [-0.05, 0) is 87.0 Å². The van der Waals surface area contributed by atoms with E-state index in [4.69, 9.17) is 43.9 Å². The van der Waals surface area contributed by atoms with Crippen LogP contribution in [0.4, 0.5) is 0 Å². The molecule has 0 radical (unpaired) electrons. The second kappa shape index (κ2) is 28.3. The summed E-state index contributed by atoms with van der Waals surface area (Å²) in [6.07, 6.45) is -13.6. The average molecular weight is 981 g/mol. The first kappa shape index (κ1) is 55.3. The van der Waals surface area contributed by atoms with Crippen molar-refractivity contribution in [3.05, 3.63) is 89.5 Å². The van der Waals surface area contributed by atoms with Crippen LogP contribution < -0.4 is 36.5 Å². The van der Waals surface area contributed by atoms with Crippen molar-refractivity contribution in [2.75, 3.05) is 60.6 Å². The number of carbonyl (C=O) groups is 4. The predicted molar refractivity (Wildman–Crippen MR) is 254 cm³/mol. The molecule has 384 valence electrons. The van der Waals surface area contributed by atoms with Gasteiger partial charge in [-0.3, -0.25) is 24.2 Å². The molecule has 0 saturated carbocycles. The zero-order valence-corrected chi connectivity index (χ0v) is 40.0. The highest BCUT2D eigenvalue weighted by atomic mass is 16.7. The number of aliphatic imine (C=N–C) groups is 1. The number of hydrogen-bond donors (Lipinski definition) is 9. The van der Waals surface area contributed by atoms with Crippen molar-refractivity contribution in [2.24, 2.45) is 10.7 Å². The zero-order chi connectivity index (χ0) is 50.6. The molecule has 2 aliphatic rings. The molecule has 4 amide bonds. The summed E-state index contributed by atoms with van der Waals surface area (Å²) in [5.41, 5.74) is 9.06. The lowest BCUT2D eigenvalue weighted by Gasteiger charge is -2.46. The van der Waals surface area contributed by atoms with Crippen molar-refractivity contribution in [1.29, 1.82) is 0 Å². The fourth-order valence-corrected chi connectivity index (χ4v) is 7.68. The monoisotopic (exact) mass is 980 g/mol. The van der Waals surface area contributed by atoms with E-state index in [-0.39, 0.29) is 51.5 Å². The van der Waals surface area contributed by atoms with Crippen molar-refractivity contribution in [3.63, 3.8) is 0 Å². The second-order valence-electron chi connectivity index (χ2n) is 16.7. The Morgan fingerprint density at radius 3 is 1.67 bits per heavy atom. The fraction of sp³-hybridized carbons (Fsp3) is 0.531. The Kier molecular flexibility index (Phi) is 22.4. The Balaban J connectivity index is 1.07. The molecule has 0 spiro atoms. The number of aryl methyl sites for hydroxylation is 1. The molecule has 3 aromatic rings. The van der Waals surface area contributed by atoms with Crippen LogP contribution in [-0.4, -0.2) is 172 Å². The summed E-state index contributed by atoms with van der Waals surface area (Å²) in [6, 6.07) is 22.8. The molecule has 21 nitrogen and oxygen atoms in total. The maximum Gasteiger partial charge on any atom is 0.252 e. The van der Waals surface area contributed by atoms with E-state index in [0.717, 1.165) is 41.7 Å². The first-order valence-corrected chi connectivity index (χ1v) is 23.3. The van der Waals surface area contributed by atoms with E-state index in [9.17, 15) is 39.6 Å². The number of unbranched alkanes of at least 4 members (excludes halogenated alkanes) is 3. The Bertz CT molecular complexity index is 2130. The van der Waals surface area contributed by atoms with Gasteiger partial charge in [-0.1, -0.05) is 30.5 Å². The standard InChI is InChI=1S/C49H68N6O15/c1-29-9-15-33(16-10-29)67-34-19-13-31(14-20-34)37(30-11-17-32(64-2)18-12-30)53-27-25-51-35(56)21-22-36(57)52-26-28-55-46(62)44-42(65-3)38(58)41(61)49(70-44)68-43-39(59)40(60)48(66-4)69-45(43)47(63)54-24-8-6-5-7-23-50/h9-20,38-45,48-49,58-61H,5-8,21-28,50H2,1-4H3,(H,51,56)(H,52,57)(H,54,63)(H,55,62)/t38-,39-,40?,41?,42+,43+,44?,45?,48-,49-/m1/s1. The van der Waals surface area contributed by atoms with Crippen LogP contribution in [0.15, 0.2) is 77.8 Å². The van der Waals surface area contributed by atoms with Crippen LogP contribution in [0.5, 0.6) is 17.2 Å². The lowest BCUT2D eigenvalue weighted by molar-refractivity contribution is -0.346. The number of nitrogens with zero attached hydrogens (tertiary/aromatic N) is 1. The molecule has 0 bridgehead atoms. The van der Waals surface area contributed by atoms with Gasteiger partial charge < -0.3 is 80.6 Å². The van der Waals surface area contributed by atoms with Crippen molar-refractivity contribution >= 4 is 29.3 Å². The van der Waals surface area contributed by atoms with Crippen LogP contribution in [0.25, 0.3) is 0 Å². The van der Waals surface area contributed by atoms with Crippen molar-refractivity contribution in [3.8, 4) is 17.2 Å². The van der Waals surface area contributed by atoms with E-state index in [1.165, 1.54) is 14.2 Å². The molecule has 2 heterocycles. The van der Waals surface area contributed by atoms with Crippen LogP contribution in [0.2, 0.25) is 0 Å². The minimum absolute atomic E-state index is 0.0441. The van der Waals surface area contributed by atoms with Gasteiger partial charge in [-0.2, -0.15) is 0 Å². The first-order valence-electron chi connectivity index (χ1n) is 23.3. The number of carbonyl (C=O) groups excluding carboxylic acids is 4. The van der Waals surface area contributed by atoms with Gasteiger partial charge in [0, 0.05) is 64.4 Å². The maximum absolute atomic E-state index is 13.4. The van der Waals surface area contributed by atoms with Crippen LogP contribution in [-0.2, 0) is 42.9 Å². The van der Waals surface area contributed by atoms with Crippen molar-refractivity contribution < 1.29 is 72.8 Å². The predicted octanol–water partition coefficient (Wildman–Crippen LogP) is 0.337. The highest BCUT2D eigenvalue weighted by Crippen LogP contribution is 2.31. The molecule has 70 heavy (non-hydrogen) atoms. The van der Waals surface area contributed by atoms with Crippen molar-refractivity contribution in [2.45, 2.75) is 107 Å². The summed E-state index contributed by atoms with van der Waals surface area (Å²) in [7, 11) is 3.99.